The first kappa shape index (κ1) is 12.0. The molecule has 96 valence electrons. The van der Waals surface area contributed by atoms with Crippen LogP contribution in [0.25, 0.3) is 0 Å². The lowest BCUT2D eigenvalue weighted by Crippen LogP contribution is -2.41. The number of fused-ring (bicyclic) bond motifs is 2. The number of hydrogen-bond donors (Lipinski definition) is 0. The molecular formula is C13H16N2O2S. The molecule has 0 aliphatic carbocycles. The van der Waals surface area contributed by atoms with Gasteiger partial charge in [0.2, 0.25) is 0 Å². The highest BCUT2D eigenvalue weighted by Gasteiger charge is 2.40. The molecule has 18 heavy (non-hydrogen) atoms. The van der Waals surface area contributed by atoms with Gasteiger partial charge in [0, 0.05) is 39.6 Å². The van der Waals surface area contributed by atoms with Gasteiger partial charge in [0.25, 0.3) is 0 Å². The summed E-state index contributed by atoms with van der Waals surface area (Å²) in [6, 6.07) is 0. The fourth-order valence-corrected chi connectivity index (χ4v) is 5.30. The highest BCUT2D eigenvalue weighted by atomic mass is 32.2. The highest BCUT2D eigenvalue weighted by molar-refractivity contribution is 7.86. The number of nitrogens with zero attached hydrogens (tertiary/aromatic N) is 2. The Morgan fingerprint density at radius 3 is 2.39 bits per heavy atom. The Bertz CT molecular complexity index is 461. The molecule has 5 heteroatoms. The van der Waals surface area contributed by atoms with Crippen LogP contribution in [0.4, 0.5) is 0 Å². The number of hydrogen-bond acceptors (Lipinski definition) is 4. The molecule has 1 aromatic rings. The molecule has 2 bridgehead atoms. The van der Waals surface area contributed by atoms with Gasteiger partial charge < -0.3 is 0 Å². The van der Waals surface area contributed by atoms with Crippen LogP contribution in [0.15, 0.2) is 18.7 Å². The van der Waals surface area contributed by atoms with Crippen LogP contribution in [0.5, 0.6) is 0 Å². The molecule has 1 aromatic heterocycles. The molecule has 3 rings (SSSR count). The Labute approximate surface area is 109 Å². The molecule has 2 atom stereocenters. The SMILES string of the molecule is O=C(c1cncnc1)C1CC2CCCC(C1)S2=O. The lowest BCUT2D eigenvalue weighted by Gasteiger charge is -2.37. The maximum atomic E-state index is 12.4. The standard InChI is InChI=1S/C13H16N2O2S/c16-13(10-6-14-8-15-7-10)9-4-11-2-1-3-12(5-9)18(11)17/h6-9,11-12H,1-5H2. The van der Waals surface area contributed by atoms with Crippen LogP contribution in [0, 0.1) is 5.92 Å². The topological polar surface area (TPSA) is 59.9 Å². The minimum absolute atomic E-state index is 0.0176. The first-order chi connectivity index (χ1) is 8.75. The second-order valence-corrected chi connectivity index (χ2v) is 7.15. The van der Waals surface area contributed by atoms with Gasteiger partial charge in [-0.15, -0.1) is 0 Å². The summed E-state index contributed by atoms with van der Waals surface area (Å²) in [6.07, 6.45) is 9.33. The monoisotopic (exact) mass is 264 g/mol. The lowest BCUT2D eigenvalue weighted by molar-refractivity contribution is 0.0894. The van der Waals surface area contributed by atoms with E-state index in [-0.39, 0.29) is 22.2 Å². The molecule has 0 amide bonds. The molecule has 4 nitrogen and oxygen atoms in total. The van der Waals surface area contributed by atoms with Gasteiger partial charge in [-0.25, -0.2) is 9.97 Å². The lowest BCUT2D eigenvalue weighted by atomic mass is 9.85. The van der Waals surface area contributed by atoms with Crippen molar-refractivity contribution in [1.82, 2.24) is 9.97 Å². The normalized spacial score (nSPS) is 35.1. The number of rotatable bonds is 2. The third-order valence-electron chi connectivity index (χ3n) is 4.02. The van der Waals surface area contributed by atoms with Crippen LogP contribution < -0.4 is 0 Å². The quantitative estimate of drug-likeness (QED) is 0.763. The molecule has 2 fully saturated rings. The van der Waals surface area contributed by atoms with Gasteiger partial charge in [-0.1, -0.05) is 6.42 Å². The van der Waals surface area contributed by atoms with Crippen LogP contribution in [-0.4, -0.2) is 30.5 Å². The molecular weight excluding hydrogens is 248 g/mol. The summed E-state index contributed by atoms with van der Waals surface area (Å²) in [5.74, 6) is 0.146. The van der Waals surface area contributed by atoms with E-state index in [0.29, 0.717) is 5.56 Å². The van der Waals surface area contributed by atoms with E-state index in [0.717, 1.165) is 32.1 Å². The molecule has 0 radical (unpaired) electrons. The summed E-state index contributed by atoms with van der Waals surface area (Å²) < 4.78 is 12.1. The average molecular weight is 264 g/mol. The van der Waals surface area contributed by atoms with E-state index in [1.807, 2.05) is 0 Å². The first-order valence-corrected chi connectivity index (χ1v) is 7.72. The van der Waals surface area contributed by atoms with Crippen LogP contribution in [0.1, 0.15) is 42.5 Å². The van der Waals surface area contributed by atoms with E-state index in [2.05, 4.69) is 9.97 Å². The van der Waals surface area contributed by atoms with Crippen molar-refractivity contribution in [3.05, 3.63) is 24.3 Å². The van der Waals surface area contributed by atoms with Gasteiger partial charge in [-0.05, 0) is 25.7 Å². The van der Waals surface area contributed by atoms with Crippen molar-refractivity contribution in [3.63, 3.8) is 0 Å². The zero-order valence-electron chi connectivity index (χ0n) is 10.1. The zero-order valence-corrected chi connectivity index (χ0v) is 10.9. The molecule has 0 saturated carbocycles. The highest BCUT2D eigenvalue weighted by Crippen LogP contribution is 2.38. The van der Waals surface area contributed by atoms with Gasteiger partial charge in [0.05, 0.1) is 5.56 Å². The van der Waals surface area contributed by atoms with E-state index in [4.69, 9.17) is 0 Å². The van der Waals surface area contributed by atoms with E-state index in [9.17, 15) is 9.00 Å². The summed E-state index contributed by atoms with van der Waals surface area (Å²) in [6.45, 7) is 0. The van der Waals surface area contributed by atoms with E-state index in [1.165, 1.54) is 6.33 Å². The van der Waals surface area contributed by atoms with Crippen molar-refractivity contribution in [1.29, 1.82) is 0 Å². The van der Waals surface area contributed by atoms with Gasteiger partial charge in [0.1, 0.15) is 6.33 Å². The maximum absolute atomic E-state index is 12.4. The van der Waals surface area contributed by atoms with Crippen LogP contribution >= 0.6 is 0 Å². The van der Waals surface area contributed by atoms with Gasteiger partial charge >= 0.3 is 0 Å². The van der Waals surface area contributed by atoms with Crippen LogP contribution in [0.2, 0.25) is 0 Å². The summed E-state index contributed by atoms with van der Waals surface area (Å²) in [7, 11) is -0.713. The van der Waals surface area contributed by atoms with Gasteiger partial charge in [-0.2, -0.15) is 0 Å². The number of aromatic nitrogens is 2. The summed E-state index contributed by atoms with van der Waals surface area (Å²) in [4.78, 5) is 20.2. The molecule has 2 unspecified atom stereocenters. The molecule has 2 saturated heterocycles. The number of carbonyl (C=O) groups is 1. The minimum Gasteiger partial charge on any atom is -0.294 e. The molecule has 3 heterocycles. The predicted octanol–water partition coefficient (Wildman–Crippen LogP) is 1.74. The van der Waals surface area contributed by atoms with E-state index in [1.54, 1.807) is 12.4 Å². The fourth-order valence-electron chi connectivity index (χ4n) is 3.11. The summed E-state index contributed by atoms with van der Waals surface area (Å²) in [5, 5.41) is 0.465. The maximum Gasteiger partial charge on any atom is 0.169 e. The molecule has 0 spiro atoms. The Morgan fingerprint density at radius 2 is 1.78 bits per heavy atom. The fraction of sp³-hybridized carbons (Fsp3) is 0.615. The summed E-state index contributed by atoms with van der Waals surface area (Å²) >= 11 is 0. The molecule has 2 aliphatic heterocycles. The van der Waals surface area contributed by atoms with Crippen molar-refractivity contribution in [2.75, 3.05) is 0 Å². The summed E-state index contributed by atoms with van der Waals surface area (Å²) in [5.41, 5.74) is 0.591. The van der Waals surface area contributed by atoms with Crippen LogP contribution in [0.3, 0.4) is 0 Å². The predicted molar refractivity (Wildman–Crippen MR) is 68.7 cm³/mol. The number of Topliss-reactive ketones (excluding diaryl/α,β-unsaturated/α-hetero) is 1. The third-order valence-corrected chi connectivity index (χ3v) is 6.19. The van der Waals surface area contributed by atoms with Crippen molar-refractivity contribution >= 4 is 16.6 Å². The van der Waals surface area contributed by atoms with Crippen molar-refractivity contribution in [2.24, 2.45) is 5.92 Å². The Morgan fingerprint density at radius 1 is 1.17 bits per heavy atom. The van der Waals surface area contributed by atoms with Crippen molar-refractivity contribution < 1.29 is 9.00 Å². The largest absolute Gasteiger partial charge is 0.294 e. The Hall–Kier alpha value is -1.10. The van der Waals surface area contributed by atoms with E-state index < -0.39 is 10.8 Å². The molecule has 2 aliphatic rings. The second-order valence-electron chi connectivity index (χ2n) is 5.16. The first-order valence-electron chi connectivity index (χ1n) is 6.44. The molecule has 0 aromatic carbocycles. The zero-order chi connectivity index (χ0) is 12.5. The third kappa shape index (κ3) is 2.11. The van der Waals surface area contributed by atoms with Crippen LogP contribution in [-0.2, 0) is 10.8 Å². The number of ketones is 1. The van der Waals surface area contributed by atoms with E-state index >= 15 is 0 Å². The average Bonchev–Trinajstić information content (AvgIpc) is 2.38. The molecule has 0 N–H and O–H groups in total. The van der Waals surface area contributed by atoms with Gasteiger partial charge in [-0.3, -0.25) is 9.00 Å². The second kappa shape index (κ2) is 4.88. The van der Waals surface area contributed by atoms with Crippen molar-refractivity contribution in [3.8, 4) is 0 Å². The Kier molecular flexibility index (Phi) is 3.24. The van der Waals surface area contributed by atoms with Gasteiger partial charge in [0.15, 0.2) is 5.78 Å². The Balaban J connectivity index is 1.78. The van der Waals surface area contributed by atoms with Crippen molar-refractivity contribution in [2.45, 2.75) is 42.6 Å². The smallest absolute Gasteiger partial charge is 0.169 e. The minimum atomic E-state index is -0.713. The number of carbonyl (C=O) groups excluding carboxylic acids is 1.